The highest BCUT2D eigenvalue weighted by molar-refractivity contribution is 6.04. The summed E-state index contributed by atoms with van der Waals surface area (Å²) in [5, 5.41) is 11.5. The molecule has 21 heavy (non-hydrogen) atoms. The molecule has 1 aliphatic rings. The Bertz CT molecular complexity index is 554. The van der Waals surface area contributed by atoms with Crippen molar-refractivity contribution in [3.8, 4) is 0 Å². The first kappa shape index (κ1) is 15.4. The maximum atomic E-state index is 13.2. The second-order valence-electron chi connectivity index (χ2n) is 5.31. The molecule has 0 spiro atoms. The molecule has 0 bridgehead atoms. The van der Waals surface area contributed by atoms with Crippen molar-refractivity contribution in [2.24, 2.45) is 5.92 Å². The summed E-state index contributed by atoms with van der Waals surface area (Å²) >= 11 is 0. The predicted octanol–water partition coefficient (Wildman–Crippen LogP) is 2.97. The molecule has 2 rings (SSSR count). The van der Waals surface area contributed by atoms with E-state index in [1.165, 1.54) is 12.8 Å². The molecule has 0 aromatic heterocycles. The SMILES string of the molecule is O=C(O)c1cc(F)c(F)cc1C(=O)NCCC1CCCC1. The number of carbonyl (C=O) groups is 2. The molecule has 0 saturated heterocycles. The van der Waals surface area contributed by atoms with Gasteiger partial charge in [-0.3, -0.25) is 4.79 Å². The van der Waals surface area contributed by atoms with Crippen molar-refractivity contribution in [1.82, 2.24) is 5.32 Å². The van der Waals surface area contributed by atoms with E-state index in [1.807, 2.05) is 0 Å². The van der Waals surface area contributed by atoms with Crippen molar-refractivity contribution in [3.05, 3.63) is 34.9 Å². The third-order valence-corrected chi connectivity index (χ3v) is 3.85. The third-order valence-electron chi connectivity index (χ3n) is 3.85. The zero-order valence-corrected chi connectivity index (χ0v) is 11.5. The van der Waals surface area contributed by atoms with Crippen molar-refractivity contribution in [3.63, 3.8) is 0 Å². The molecule has 0 radical (unpaired) electrons. The van der Waals surface area contributed by atoms with Crippen LogP contribution < -0.4 is 5.32 Å². The normalized spacial score (nSPS) is 15.1. The molecule has 0 atom stereocenters. The van der Waals surface area contributed by atoms with Gasteiger partial charge >= 0.3 is 5.97 Å². The number of hydrogen-bond acceptors (Lipinski definition) is 2. The van der Waals surface area contributed by atoms with E-state index in [-0.39, 0.29) is 5.56 Å². The molecular weight excluding hydrogens is 280 g/mol. The Morgan fingerprint density at radius 1 is 1.14 bits per heavy atom. The zero-order valence-electron chi connectivity index (χ0n) is 11.5. The Labute approximate surface area is 121 Å². The summed E-state index contributed by atoms with van der Waals surface area (Å²) in [6.45, 7) is 0.404. The fourth-order valence-corrected chi connectivity index (χ4v) is 2.70. The Kier molecular flexibility index (Phi) is 4.88. The highest BCUT2D eigenvalue weighted by Crippen LogP contribution is 2.27. The number of amides is 1. The van der Waals surface area contributed by atoms with E-state index < -0.39 is 29.1 Å². The summed E-state index contributed by atoms with van der Waals surface area (Å²) in [5.41, 5.74) is -0.889. The number of nitrogens with one attached hydrogen (secondary N) is 1. The topological polar surface area (TPSA) is 66.4 Å². The van der Waals surface area contributed by atoms with E-state index >= 15 is 0 Å². The minimum Gasteiger partial charge on any atom is -0.478 e. The van der Waals surface area contributed by atoms with E-state index in [0.29, 0.717) is 24.6 Å². The number of benzene rings is 1. The summed E-state index contributed by atoms with van der Waals surface area (Å²) in [6, 6.07) is 1.16. The molecule has 114 valence electrons. The first-order valence-electron chi connectivity index (χ1n) is 6.99. The van der Waals surface area contributed by atoms with Crippen LogP contribution in [-0.2, 0) is 0 Å². The van der Waals surface area contributed by atoms with E-state index in [2.05, 4.69) is 5.32 Å². The molecule has 1 amide bonds. The number of carboxylic acids is 1. The van der Waals surface area contributed by atoms with Crippen molar-refractivity contribution in [1.29, 1.82) is 0 Å². The van der Waals surface area contributed by atoms with Crippen molar-refractivity contribution >= 4 is 11.9 Å². The van der Waals surface area contributed by atoms with Crippen LogP contribution >= 0.6 is 0 Å². The largest absolute Gasteiger partial charge is 0.478 e. The molecule has 0 unspecified atom stereocenters. The van der Waals surface area contributed by atoms with Crippen LogP contribution in [0, 0.1) is 17.6 Å². The van der Waals surface area contributed by atoms with Gasteiger partial charge in [-0.2, -0.15) is 0 Å². The van der Waals surface area contributed by atoms with Gasteiger partial charge in [-0.25, -0.2) is 13.6 Å². The molecular formula is C15H17F2NO3. The zero-order chi connectivity index (χ0) is 15.4. The number of rotatable bonds is 5. The van der Waals surface area contributed by atoms with Crippen LogP contribution in [0.4, 0.5) is 8.78 Å². The predicted molar refractivity (Wildman–Crippen MR) is 72.2 cm³/mol. The van der Waals surface area contributed by atoms with Crippen LogP contribution in [0.5, 0.6) is 0 Å². The van der Waals surface area contributed by atoms with E-state index in [9.17, 15) is 18.4 Å². The lowest BCUT2D eigenvalue weighted by atomic mass is 10.0. The van der Waals surface area contributed by atoms with Gasteiger partial charge in [0, 0.05) is 6.54 Å². The molecule has 2 N–H and O–H groups in total. The first-order valence-corrected chi connectivity index (χ1v) is 6.99. The average molecular weight is 297 g/mol. The second kappa shape index (κ2) is 6.65. The molecule has 0 heterocycles. The third kappa shape index (κ3) is 3.77. The quantitative estimate of drug-likeness (QED) is 0.878. The fourth-order valence-electron chi connectivity index (χ4n) is 2.70. The van der Waals surface area contributed by atoms with Crippen molar-refractivity contribution in [2.45, 2.75) is 32.1 Å². The smallest absolute Gasteiger partial charge is 0.336 e. The minimum atomic E-state index is -1.46. The molecule has 1 aromatic rings. The number of carbonyl (C=O) groups excluding carboxylic acids is 1. The maximum absolute atomic E-state index is 13.2. The van der Waals surface area contributed by atoms with Gasteiger partial charge in [0.05, 0.1) is 11.1 Å². The molecule has 4 nitrogen and oxygen atoms in total. The molecule has 6 heteroatoms. The Balaban J connectivity index is 2.03. The van der Waals surface area contributed by atoms with Gasteiger partial charge < -0.3 is 10.4 Å². The average Bonchev–Trinajstić information content (AvgIpc) is 2.94. The monoisotopic (exact) mass is 297 g/mol. The Morgan fingerprint density at radius 3 is 2.29 bits per heavy atom. The summed E-state index contributed by atoms with van der Waals surface area (Å²) < 4.78 is 26.3. The lowest BCUT2D eigenvalue weighted by molar-refractivity contribution is 0.0690. The highest BCUT2D eigenvalue weighted by Gasteiger charge is 2.21. The van der Waals surface area contributed by atoms with Crippen molar-refractivity contribution in [2.75, 3.05) is 6.54 Å². The van der Waals surface area contributed by atoms with E-state index in [1.54, 1.807) is 0 Å². The van der Waals surface area contributed by atoms with Crippen LogP contribution in [0.25, 0.3) is 0 Å². The summed E-state index contributed by atoms with van der Waals surface area (Å²) in [5.74, 6) is -4.09. The summed E-state index contributed by atoms with van der Waals surface area (Å²) in [7, 11) is 0. The Hall–Kier alpha value is -1.98. The molecule has 1 saturated carbocycles. The maximum Gasteiger partial charge on any atom is 0.336 e. The van der Waals surface area contributed by atoms with Gasteiger partial charge in [-0.1, -0.05) is 25.7 Å². The summed E-state index contributed by atoms with van der Waals surface area (Å²) in [6.07, 6.45) is 5.50. The van der Waals surface area contributed by atoms with Gasteiger partial charge in [0.15, 0.2) is 11.6 Å². The van der Waals surface area contributed by atoms with Gasteiger partial charge in [0.25, 0.3) is 5.91 Å². The van der Waals surface area contributed by atoms with Crippen LogP contribution in [-0.4, -0.2) is 23.5 Å². The van der Waals surface area contributed by atoms with Gasteiger partial charge in [-0.15, -0.1) is 0 Å². The number of aromatic carboxylic acids is 1. The van der Waals surface area contributed by atoms with Crippen LogP contribution in [0.1, 0.15) is 52.8 Å². The van der Waals surface area contributed by atoms with Crippen LogP contribution in [0.3, 0.4) is 0 Å². The standard InChI is InChI=1S/C15H17F2NO3/c16-12-7-10(11(15(20)21)8-13(12)17)14(19)18-6-5-9-3-1-2-4-9/h7-9H,1-6H2,(H,18,19)(H,20,21). The van der Waals surface area contributed by atoms with Gasteiger partial charge in [-0.05, 0) is 24.5 Å². The molecule has 0 aliphatic heterocycles. The number of halogens is 2. The highest BCUT2D eigenvalue weighted by atomic mass is 19.2. The molecule has 1 fully saturated rings. The Morgan fingerprint density at radius 2 is 1.71 bits per heavy atom. The minimum absolute atomic E-state index is 0.354. The number of hydrogen-bond donors (Lipinski definition) is 2. The number of carboxylic acid groups (broad SMARTS) is 1. The van der Waals surface area contributed by atoms with Gasteiger partial charge in [0.1, 0.15) is 0 Å². The lowest BCUT2D eigenvalue weighted by Crippen LogP contribution is -2.27. The lowest BCUT2D eigenvalue weighted by Gasteiger charge is -2.11. The van der Waals surface area contributed by atoms with Crippen LogP contribution in [0.2, 0.25) is 0 Å². The molecule has 1 aliphatic carbocycles. The molecule has 1 aromatic carbocycles. The second-order valence-corrected chi connectivity index (χ2v) is 5.31. The van der Waals surface area contributed by atoms with Gasteiger partial charge in [0.2, 0.25) is 0 Å². The van der Waals surface area contributed by atoms with E-state index in [0.717, 1.165) is 19.3 Å². The van der Waals surface area contributed by atoms with Crippen molar-refractivity contribution < 1.29 is 23.5 Å². The summed E-state index contributed by atoms with van der Waals surface area (Å²) in [4.78, 5) is 22.9. The van der Waals surface area contributed by atoms with E-state index in [4.69, 9.17) is 5.11 Å². The van der Waals surface area contributed by atoms with Crippen LogP contribution in [0.15, 0.2) is 12.1 Å². The fraction of sp³-hybridized carbons (Fsp3) is 0.467. The first-order chi connectivity index (χ1) is 9.99.